The standard InChI is InChI=1S/C18H15F2N7O/c19-10-4-11(18(28)22-5-10)15-2-1-3-26(15)17-13(20)8-27-16(25-17)12(6-24-27)14-7-21-9-23-14/h4-9,15H,1-3H2,(H,21,23)(H,22,28)/t15-/m1/s1. The third-order valence-electron chi connectivity index (χ3n) is 4.96. The molecule has 4 aromatic heterocycles. The molecule has 10 heteroatoms. The molecule has 0 spiro atoms. The fraction of sp³-hybridized carbons (Fsp3) is 0.222. The summed E-state index contributed by atoms with van der Waals surface area (Å²) in [6.07, 6.45) is 8.35. The molecule has 1 aliphatic rings. The highest BCUT2D eigenvalue weighted by molar-refractivity contribution is 5.75. The molecule has 0 bridgehead atoms. The van der Waals surface area contributed by atoms with Gasteiger partial charge in [-0.15, -0.1) is 0 Å². The molecule has 5 rings (SSSR count). The number of nitrogens with zero attached hydrogens (tertiary/aromatic N) is 6. The van der Waals surface area contributed by atoms with Gasteiger partial charge in [-0.25, -0.2) is 28.2 Å². The third-order valence-corrected chi connectivity index (χ3v) is 4.96. The first-order valence-corrected chi connectivity index (χ1v) is 8.75. The van der Waals surface area contributed by atoms with Crippen LogP contribution in [-0.4, -0.2) is 41.2 Å². The van der Waals surface area contributed by atoms with Gasteiger partial charge in [-0.05, 0) is 18.9 Å². The minimum absolute atomic E-state index is 0.125. The Morgan fingerprint density at radius 1 is 1.21 bits per heavy atom. The average molecular weight is 383 g/mol. The molecule has 0 saturated carbocycles. The number of imidazole rings is 1. The Labute approximate surface area is 157 Å². The Kier molecular flexibility index (Phi) is 3.71. The highest BCUT2D eigenvalue weighted by atomic mass is 19.1. The van der Waals surface area contributed by atoms with Crippen molar-refractivity contribution in [3.05, 3.63) is 54.4 Å². The van der Waals surface area contributed by atoms with Crippen molar-refractivity contribution >= 4 is 11.5 Å². The van der Waals surface area contributed by atoms with E-state index in [4.69, 9.17) is 0 Å². The second-order valence-electron chi connectivity index (χ2n) is 6.62. The Balaban J connectivity index is 1.62. The molecule has 2 N–H and O–H groups in total. The van der Waals surface area contributed by atoms with Gasteiger partial charge in [-0.3, -0.25) is 0 Å². The zero-order chi connectivity index (χ0) is 19.3. The smallest absolute Gasteiger partial charge is 0.216 e. The van der Waals surface area contributed by atoms with Gasteiger partial charge in [0.15, 0.2) is 17.3 Å². The second-order valence-corrected chi connectivity index (χ2v) is 6.62. The molecule has 1 fully saturated rings. The van der Waals surface area contributed by atoms with Crippen molar-refractivity contribution in [2.75, 3.05) is 11.4 Å². The highest BCUT2D eigenvalue weighted by Gasteiger charge is 2.32. The first-order valence-electron chi connectivity index (χ1n) is 8.75. The van der Waals surface area contributed by atoms with E-state index in [2.05, 4.69) is 25.0 Å². The largest absolute Gasteiger partial charge is 0.493 e. The minimum atomic E-state index is -0.555. The number of hydrogen-bond acceptors (Lipinski definition) is 6. The van der Waals surface area contributed by atoms with E-state index in [1.807, 2.05) is 0 Å². The number of halogens is 2. The maximum atomic E-state index is 14.9. The summed E-state index contributed by atoms with van der Waals surface area (Å²) in [5, 5.41) is 14.2. The van der Waals surface area contributed by atoms with Gasteiger partial charge in [-0.1, -0.05) is 0 Å². The van der Waals surface area contributed by atoms with Crippen LogP contribution >= 0.6 is 0 Å². The topological polar surface area (TPSA) is 95.2 Å². The number of rotatable bonds is 3. The van der Waals surface area contributed by atoms with Gasteiger partial charge in [0, 0.05) is 12.1 Å². The first-order chi connectivity index (χ1) is 13.6. The summed E-state index contributed by atoms with van der Waals surface area (Å²) < 4.78 is 29.9. The summed E-state index contributed by atoms with van der Waals surface area (Å²) in [6.45, 7) is 0.522. The van der Waals surface area contributed by atoms with Crippen molar-refractivity contribution in [3.63, 3.8) is 0 Å². The average Bonchev–Trinajstić information content (AvgIpc) is 3.42. The molecular weight excluding hydrogens is 368 g/mol. The van der Waals surface area contributed by atoms with Crippen LogP contribution in [0.1, 0.15) is 24.4 Å². The van der Waals surface area contributed by atoms with Crippen molar-refractivity contribution in [1.82, 2.24) is 29.5 Å². The summed E-state index contributed by atoms with van der Waals surface area (Å²) in [5.74, 6) is -1.24. The lowest BCUT2D eigenvalue weighted by Crippen LogP contribution is -2.25. The fourth-order valence-corrected chi connectivity index (χ4v) is 3.71. The van der Waals surface area contributed by atoms with E-state index in [0.29, 0.717) is 35.4 Å². The molecular formula is C18H15F2N7O. The lowest BCUT2D eigenvalue weighted by molar-refractivity contribution is 0.434. The number of aromatic hydroxyl groups is 1. The number of nitrogens with one attached hydrogen (secondary N) is 1. The molecule has 1 saturated heterocycles. The van der Waals surface area contributed by atoms with E-state index >= 15 is 0 Å². The maximum absolute atomic E-state index is 14.9. The van der Waals surface area contributed by atoms with Gasteiger partial charge < -0.3 is 15.0 Å². The molecule has 0 unspecified atom stereocenters. The molecule has 0 amide bonds. The zero-order valence-electron chi connectivity index (χ0n) is 14.5. The Hall–Kier alpha value is -3.56. The predicted molar refractivity (Wildman–Crippen MR) is 95.7 cm³/mol. The van der Waals surface area contributed by atoms with Gasteiger partial charge >= 0.3 is 0 Å². The first kappa shape index (κ1) is 16.6. The Morgan fingerprint density at radius 3 is 2.93 bits per heavy atom. The van der Waals surface area contributed by atoms with Crippen LogP contribution < -0.4 is 4.90 Å². The fourth-order valence-electron chi connectivity index (χ4n) is 3.71. The van der Waals surface area contributed by atoms with Gasteiger partial charge in [-0.2, -0.15) is 5.10 Å². The number of fused-ring (bicyclic) bond motifs is 1. The van der Waals surface area contributed by atoms with Crippen molar-refractivity contribution in [1.29, 1.82) is 0 Å². The van der Waals surface area contributed by atoms with Crippen molar-refractivity contribution < 1.29 is 13.9 Å². The van der Waals surface area contributed by atoms with Crippen LogP contribution in [0.5, 0.6) is 5.88 Å². The zero-order valence-corrected chi connectivity index (χ0v) is 14.5. The van der Waals surface area contributed by atoms with Crippen LogP contribution in [0.4, 0.5) is 14.6 Å². The molecule has 1 aliphatic heterocycles. The number of aromatic nitrogens is 6. The number of aromatic amines is 1. The predicted octanol–water partition coefficient (Wildman–Crippen LogP) is 2.84. The normalized spacial score (nSPS) is 16.9. The number of hydrogen-bond donors (Lipinski definition) is 2. The van der Waals surface area contributed by atoms with E-state index in [0.717, 1.165) is 12.6 Å². The lowest BCUT2D eigenvalue weighted by atomic mass is 10.1. The monoisotopic (exact) mass is 383 g/mol. The second kappa shape index (κ2) is 6.25. The summed E-state index contributed by atoms with van der Waals surface area (Å²) in [7, 11) is 0. The van der Waals surface area contributed by atoms with Gasteiger partial charge in [0.25, 0.3) is 0 Å². The lowest BCUT2D eigenvalue weighted by Gasteiger charge is -2.26. The van der Waals surface area contributed by atoms with Crippen molar-refractivity contribution in [2.45, 2.75) is 18.9 Å². The minimum Gasteiger partial charge on any atom is -0.493 e. The van der Waals surface area contributed by atoms with E-state index in [9.17, 15) is 13.9 Å². The van der Waals surface area contributed by atoms with E-state index < -0.39 is 17.7 Å². The van der Waals surface area contributed by atoms with Crippen LogP contribution in [0.3, 0.4) is 0 Å². The number of anilines is 1. The van der Waals surface area contributed by atoms with E-state index in [-0.39, 0.29) is 11.7 Å². The molecule has 4 aromatic rings. The van der Waals surface area contributed by atoms with Crippen LogP contribution in [0, 0.1) is 11.6 Å². The molecule has 0 radical (unpaired) electrons. The van der Waals surface area contributed by atoms with Crippen molar-refractivity contribution in [3.8, 4) is 17.1 Å². The molecule has 1 atom stereocenters. The van der Waals surface area contributed by atoms with E-state index in [1.54, 1.807) is 23.6 Å². The van der Waals surface area contributed by atoms with Crippen LogP contribution in [-0.2, 0) is 0 Å². The Bertz CT molecular complexity index is 1160. The summed E-state index contributed by atoms with van der Waals surface area (Å²) in [6, 6.07) is 0.808. The van der Waals surface area contributed by atoms with Gasteiger partial charge in [0.2, 0.25) is 5.88 Å². The summed E-state index contributed by atoms with van der Waals surface area (Å²) >= 11 is 0. The van der Waals surface area contributed by atoms with Crippen LogP contribution in [0.15, 0.2) is 37.2 Å². The SMILES string of the molecule is Oc1ncc(F)cc1[C@H]1CCCN1c1nc2c(-c3cnc[nH]3)cnn2cc1F. The third kappa shape index (κ3) is 2.56. The highest BCUT2D eigenvalue weighted by Crippen LogP contribution is 2.39. The van der Waals surface area contributed by atoms with Crippen molar-refractivity contribution in [2.24, 2.45) is 0 Å². The number of H-pyrrole nitrogens is 1. The Morgan fingerprint density at radius 2 is 2.11 bits per heavy atom. The van der Waals surface area contributed by atoms with E-state index in [1.165, 1.54) is 16.8 Å². The van der Waals surface area contributed by atoms with Gasteiger partial charge in [0.1, 0.15) is 5.82 Å². The molecule has 28 heavy (non-hydrogen) atoms. The molecule has 0 aliphatic carbocycles. The van der Waals surface area contributed by atoms with Gasteiger partial charge in [0.05, 0.1) is 48.4 Å². The molecule has 142 valence electrons. The summed E-state index contributed by atoms with van der Waals surface area (Å²) in [4.78, 5) is 16.9. The molecule has 5 heterocycles. The van der Waals surface area contributed by atoms with Crippen LogP contribution in [0.2, 0.25) is 0 Å². The molecule has 0 aromatic carbocycles. The molecule has 8 nitrogen and oxygen atoms in total. The number of pyridine rings is 1. The van der Waals surface area contributed by atoms with Crippen LogP contribution in [0.25, 0.3) is 16.9 Å². The quantitative estimate of drug-likeness (QED) is 0.565. The maximum Gasteiger partial charge on any atom is 0.216 e. The summed E-state index contributed by atoms with van der Waals surface area (Å²) in [5.41, 5.74) is 2.18.